The number of hydrogen-bond acceptors (Lipinski definition) is 3. The molecule has 5 aromatic rings. The van der Waals surface area contributed by atoms with E-state index in [1.54, 1.807) is 0 Å². The number of rotatable bonds is 8. The molecule has 4 aromatic carbocycles. The SMILES string of the molecule is Cc1ccc(C(=O)NCCc2nc3ccccc3n2CCOc2cccc3ccccc23)cc1. The monoisotopic (exact) mass is 449 g/mol. The first kappa shape index (κ1) is 21.7. The Labute approximate surface area is 199 Å². The summed E-state index contributed by atoms with van der Waals surface area (Å²) >= 11 is 0. The Balaban J connectivity index is 1.28. The molecule has 1 aromatic heterocycles. The second-order valence-corrected chi connectivity index (χ2v) is 8.37. The summed E-state index contributed by atoms with van der Waals surface area (Å²) in [6, 6.07) is 30.1. The van der Waals surface area contributed by atoms with Crippen LogP contribution in [0.5, 0.6) is 5.75 Å². The average Bonchev–Trinajstić information content (AvgIpc) is 3.22. The molecule has 1 amide bonds. The summed E-state index contributed by atoms with van der Waals surface area (Å²) in [6.45, 7) is 3.72. The zero-order valence-electron chi connectivity index (χ0n) is 19.2. The molecule has 5 nitrogen and oxygen atoms in total. The van der Waals surface area contributed by atoms with Gasteiger partial charge in [-0.15, -0.1) is 0 Å². The number of amides is 1. The molecule has 34 heavy (non-hydrogen) atoms. The van der Waals surface area contributed by atoms with Gasteiger partial charge in [-0.1, -0.05) is 66.2 Å². The van der Waals surface area contributed by atoms with Gasteiger partial charge in [0, 0.05) is 23.9 Å². The Bertz CT molecular complexity index is 1430. The van der Waals surface area contributed by atoms with Gasteiger partial charge in [-0.05, 0) is 42.6 Å². The molecule has 1 heterocycles. The highest BCUT2D eigenvalue weighted by molar-refractivity contribution is 5.94. The molecule has 0 radical (unpaired) electrons. The summed E-state index contributed by atoms with van der Waals surface area (Å²) in [6.07, 6.45) is 0.639. The number of benzene rings is 4. The van der Waals surface area contributed by atoms with Gasteiger partial charge in [0.2, 0.25) is 0 Å². The van der Waals surface area contributed by atoms with Gasteiger partial charge < -0.3 is 14.6 Å². The number of nitrogens with zero attached hydrogens (tertiary/aromatic N) is 2. The lowest BCUT2D eigenvalue weighted by molar-refractivity contribution is 0.0954. The van der Waals surface area contributed by atoms with Crippen LogP contribution in [-0.4, -0.2) is 28.6 Å². The number of nitrogens with one attached hydrogen (secondary N) is 1. The first-order chi connectivity index (χ1) is 16.7. The quantitative estimate of drug-likeness (QED) is 0.338. The largest absolute Gasteiger partial charge is 0.491 e. The van der Waals surface area contributed by atoms with Crippen molar-refractivity contribution in [3.05, 3.63) is 108 Å². The summed E-state index contributed by atoms with van der Waals surface area (Å²) in [5, 5.41) is 5.29. The van der Waals surface area contributed by atoms with Crippen LogP contribution in [0.3, 0.4) is 0 Å². The predicted molar refractivity (Wildman–Crippen MR) is 136 cm³/mol. The molecule has 5 rings (SSSR count). The van der Waals surface area contributed by atoms with E-state index in [1.807, 2.05) is 73.7 Å². The van der Waals surface area contributed by atoms with Gasteiger partial charge in [0.05, 0.1) is 17.6 Å². The van der Waals surface area contributed by atoms with Crippen molar-refractivity contribution < 1.29 is 9.53 Å². The van der Waals surface area contributed by atoms with Crippen LogP contribution in [0.4, 0.5) is 0 Å². The molecule has 0 bridgehead atoms. The highest BCUT2D eigenvalue weighted by Gasteiger charge is 2.12. The first-order valence-electron chi connectivity index (χ1n) is 11.6. The van der Waals surface area contributed by atoms with E-state index in [1.165, 1.54) is 0 Å². The summed E-state index contributed by atoms with van der Waals surface area (Å²) in [7, 11) is 0. The Morgan fingerprint density at radius 3 is 2.56 bits per heavy atom. The number of para-hydroxylation sites is 2. The lowest BCUT2D eigenvalue weighted by Gasteiger charge is -2.13. The zero-order chi connectivity index (χ0) is 23.3. The van der Waals surface area contributed by atoms with Crippen LogP contribution in [0.15, 0.2) is 91.0 Å². The van der Waals surface area contributed by atoms with Crippen molar-refractivity contribution in [3.63, 3.8) is 0 Å². The molecule has 170 valence electrons. The van der Waals surface area contributed by atoms with E-state index in [0.717, 1.165) is 38.9 Å². The third kappa shape index (κ3) is 4.64. The topological polar surface area (TPSA) is 56.2 Å². The number of imidazole rings is 1. The van der Waals surface area contributed by atoms with Gasteiger partial charge in [-0.25, -0.2) is 4.98 Å². The zero-order valence-corrected chi connectivity index (χ0v) is 19.2. The van der Waals surface area contributed by atoms with E-state index in [2.05, 4.69) is 34.1 Å². The maximum Gasteiger partial charge on any atom is 0.251 e. The van der Waals surface area contributed by atoms with Gasteiger partial charge in [0.25, 0.3) is 5.91 Å². The minimum absolute atomic E-state index is 0.0676. The molecule has 0 saturated carbocycles. The molecule has 0 fully saturated rings. The fraction of sp³-hybridized carbons (Fsp3) is 0.172. The van der Waals surface area contributed by atoms with Crippen LogP contribution in [0.1, 0.15) is 21.7 Å². The normalized spacial score (nSPS) is 11.1. The van der Waals surface area contributed by atoms with Crippen LogP contribution in [0.25, 0.3) is 21.8 Å². The fourth-order valence-corrected chi connectivity index (χ4v) is 4.23. The highest BCUT2D eigenvalue weighted by Crippen LogP contribution is 2.25. The van der Waals surface area contributed by atoms with Gasteiger partial charge in [-0.2, -0.15) is 0 Å². The minimum Gasteiger partial charge on any atom is -0.491 e. The summed E-state index contributed by atoms with van der Waals surface area (Å²) in [5.74, 6) is 1.75. The molecule has 0 aliphatic carbocycles. The van der Waals surface area contributed by atoms with Gasteiger partial charge >= 0.3 is 0 Å². The van der Waals surface area contributed by atoms with Crippen LogP contribution < -0.4 is 10.1 Å². The number of fused-ring (bicyclic) bond motifs is 2. The van der Waals surface area contributed by atoms with Crippen LogP contribution in [0, 0.1) is 6.92 Å². The summed E-state index contributed by atoms with van der Waals surface area (Å²) in [5.41, 5.74) is 3.83. The second kappa shape index (κ2) is 9.79. The number of carbonyl (C=O) groups is 1. The smallest absolute Gasteiger partial charge is 0.251 e. The van der Waals surface area contributed by atoms with Crippen molar-refractivity contribution >= 4 is 27.7 Å². The number of ether oxygens (including phenoxy) is 1. The predicted octanol–water partition coefficient (Wildman–Crippen LogP) is 5.55. The molecule has 0 unspecified atom stereocenters. The average molecular weight is 450 g/mol. The van der Waals surface area contributed by atoms with Crippen molar-refractivity contribution in [1.29, 1.82) is 0 Å². The van der Waals surface area contributed by atoms with Crippen molar-refractivity contribution in [1.82, 2.24) is 14.9 Å². The number of aryl methyl sites for hydroxylation is 1. The number of aromatic nitrogens is 2. The maximum absolute atomic E-state index is 12.5. The molecule has 5 heteroatoms. The van der Waals surface area contributed by atoms with E-state index >= 15 is 0 Å². The Hall–Kier alpha value is -4.12. The summed E-state index contributed by atoms with van der Waals surface area (Å²) in [4.78, 5) is 17.3. The lowest BCUT2D eigenvalue weighted by Crippen LogP contribution is -2.26. The van der Waals surface area contributed by atoms with Gasteiger partial charge in [0.15, 0.2) is 0 Å². The molecular formula is C29H27N3O2. The van der Waals surface area contributed by atoms with Crippen molar-refractivity contribution in [2.45, 2.75) is 19.9 Å². The lowest BCUT2D eigenvalue weighted by atomic mass is 10.1. The van der Waals surface area contributed by atoms with Crippen molar-refractivity contribution in [2.75, 3.05) is 13.2 Å². The first-order valence-corrected chi connectivity index (χ1v) is 11.6. The van der Waals surface area contributed by atoms with Crippen LogP contribution >= 0.6 is 0 Å². The van der Waals surface area contributed by atoms with E-state index in [4.69, 9.17) is 9.72 Å². The number of carbonyl (C=O) groups excluding carboxylic acids is 1. The molecular weight excluding hydrogens is 422 g/mol. The molecule has 0 aliphatic rings. The van der Waals surface area contributed by atoms with Crippen molar-refractivity contribution in [2.24, 2.45) is 0 Å². The Morgan fingerprint density at radius 1 is 0.912 bits per heavy atom. The third-order valence-corrected chi connectivity index (χ3v) is 6.00. The standard InChI is InChI=1S/C29H27N3O2/c1-21-13-15-23(16-14-21)29(33)30-18-17-28-31-25-10-4-5-11-26(25)32(28)19-20-34-27-12-6-8-22-7-2-3-9-24(22)27/h2-16H,17-20H2,1H3,(H,30,33). The van der Waals surface area contributed by atoms with Crippen molar-refractivity contribution in [3.8, 4) is 5.75 Å². The molecule has 1 N–H and O–H groups in total. The molecule has 0 aliphatic heterocycles. The fourth-order valence-electron chi connectivity index (χ4n) is 4.23. The third-order valence-electron chi connectivity index (χ3n) is 6.00. The van der Waals surface area contributed by atoms with E-state index in [-0.39, 0.29) is 5.91 Å². The van der Waals surface area contributed by atoms with E-state index in [9.17, 15) is 4.79 Å². The number of hydrogen-bond donors (Lipinski definition) is 1. The minimum atomic E-state index is -0.0676. The van der Waals surface area contributed by atoms with E-state index in [0.29, 0.717) is 31.7 Å². The second-order valence-electron chi connectivity index (χ2n) is 8.37. The van der Waals surface area contributed by atoms with Gasteiger partial charge in [0.1, 0.15) is 18.2 Å². The summed E-state index contributed by atoms with van der Waals surface area (Å²) < 4.78 is 8.38. The highest BCUT2D eigenvalue weighted by atomic mass is 16.5. The molecule has 0 atom stereocenters. The van der Waals surface area contributed by atoms with Gasteiger partial charge in [-0.3, -0.25) is 4.79 Å². The Morgan fingerprint density at radius 2 is 1.68 bits per heavy atom. The Kier molecular flexibility index (Phi) is 6.25. The maximum atomic E-state index is 12.5. The van der Waals surface area contributed by atoms with Crippen LogP contribution in [-0.2, 0) is 13.0 Å². The van der Waals surface area contributed by atoms with E-state index < -0.39 is 0 Å². The molecule has 0 saturated heterocycles. The van der Waals surface area contributed by atoms with Crippen LogP contribution in [0.2, 0.25) is 0 Å². The molecule has 0 spiro atoms.